The summed E-state index contributed by atoms with van der Waals surface area (Å²) < 4.78 is 10.9. The Hall–Kier alpha value is -2.57. The fourth-order valence-electron chi connectivity index (χ4n) is 4.23. The molecule has 2 aromatic carbocycles. The summed E-state index contributed by atoms with van der Waals surface area (Å²) in [6.07, 6.45) is 4.33. The Bertz CT molecular complexity index is 1060. The van der Waals surface area contributed by atoms with Crippen LogP contribution >= 0.6 is 22.9 Å². The highest BCUT2D eigenvalue weighted by molar-refractivity contribution is 7.13. The lowest BCUT2D eigenvalue weighted by Crippen LogP contribution is -2.39. The number of benzene rings is 2. The van der Waals surface area contributed by atoms with Gasteiger partial charge in [-0.25, -0.2) is 4.98 Å². The molecule has 31 heavy (non-hydrogen) atoms. The summed E-state index contributed by atoms with van der Waals surface area (Å²) in [6.45, 7) is 0.565. The predicted molar refractivity (Wildman–Crippen MR) is 125 cm³/mol. The highest BCUT2D eigenvalue weighted by atomic mass is 35.5. The molecule has 1 heterocycles. The summed E-state index contributed by atoms with van der Waals surface area (Å²) in [5.74, 6) is 1.27. The van der Waals surface area contributed by atoms with Crippen molar-refractivity contribution in [3.63, 3.8) is 0 Å². The molecular formula is C24H25ClN2O3S. The molecule has 5 nitrogen and oxygen atoms in total. The number of ether oxygens (including phenoxy) is 2. The van der Waals surface area contributed by atoms with Gasteiger partial charge in [0.1, 0.15) is 10.7 Å². The average Bonchev–Trinajstić information content (AvgIpc) is 3.48. The first-order chi connectivity index (χ1) is 15.0. The van der Waals surface area contributed by atoms with Crippen LogP contribution in [-0.4, -0.2) is 31.7 Å². The first-order valence-corrected chi connectivity index (χ1v) is 11.5. The van der Waals surface area contributed by atoms with Crippen LogP contribution < -0.4 is 14.8 Å². The topological polar surface area (TPSA) is 60.5 Å². The second-order valence-corrected chi connectivity index (χ2v) is 9.08. The molecular weight excluding hydrogens is 432 g/mol. The van der Waals surface area contributed by atoms with Gasteiger partial charge in [-0.2, -0.15) is 0 Å². The van der Waals surface area contributed by atoms with Gasteiger partial charge in [0.2, 0.25) is 0 Å². The van der Waals surface area contributed by atoms with Crippen LogP contribution in [-0.2, 0) is 5.41 Å². The molecule has 3 aromatic rings. The van der Waals surface area contributed by atoms with Crippen LogP contribution in [0.4, 0.5) is 0 Å². The van der Waals surface area contributed by atoms with E-state index in [1.165, 1.54) is 16.9 Å². The van der Waals surface area contributed by atoms with E-state index in [9.17, 15) is 4.79 Å². The number of hydrogen-bond acceptors (Lipinski definition) is 5. The Morgan fingerprint density at radius 2 is 1.81 bits per heavy atom. The summed E-state index contributed by atoms with van der Waals surface area (Å²) in [7, 11) is 3.28. The third-order valence-electron chi connectivity index (χ3n) is 5.97. The average molecular weight is 457 g/mol. The molecule has 0 aliphatic heterocycles. The van der Waals surface area contributed by atoms with Crippen molar-refractivity contribution in [3.8, 4) is 22.1 Å². The molecule has 4 rings (SSSR count). The standard InChI is InChI=1S/C24H25ClN2O3S/c1-29-20-10-7-17(13-21(20)30-2)24(11-3-4-12-24)15-26-22(28)19-14-31-23(27-19)16-5-8-18(25)9-6-16/h5-10,13-14H,3-4,11-12,15H2,1-2H3,(H,26,28). The lowest BCUT2D eigenvalue weighted by Gasteiger charge is -2.30. The van der Waals surface area contributed by atoms with Crippen LogP contribution in [0, 0.1) is 0 Å². The van der Waals surface area contributed by atoms with Crippen molar-refractivity contribution in [2.24, 2.45) is 0 Å². The number of nitrogens with one attached hydrogen (secondary N) is 1. The van der Waals surface area contributed by atoms with E-state index in [1.807, 2.05) is 36.4 Å². The van der Waals surface area contributed by atoms with Crippen LogP contribution in [0.2, 0.25) is 5.02 Å². The third kappa shape index (κ3) is 4.55. The van der Waals surface area contributed by atoms with Crippen LogP contribution in [0.1, 0.15) is 41.7 Å². The number of carbonyl (C=O) groups is 1. The summed E-state index contributed by atoms with van der Waals surface area (Å²) in [5.41, 5.74) is 2.45. The van der Waals surface area contributed by atoms with Crippen LogP contribution in [0.5, 0.6) is 11.5 Å². The second-order valence-electron chi connectivity index (χ2n) is 7.78. The van der Waals surface area contributed by atoms with Crippen LogP contribution in [0.3, 0.4) is 0 Å². The van der Waals surface area contributed by atoms with Gasteiger partial charge in [-0.3, -0.25) is 4.79 Å². The van der Waals surface area contributed by atoms with Gasteiger partial charge in [-0.1, -0.05) is 42.6 Å². The zero-order chi connectivity index (χ0) is 21.8. The summed E-state index contributed by atoms with van der Waals surface area (Å²) in [5, 5.41) is 6.41. The zero-order valence-corrected chi connectivity index (χ0v) is 19.2. The monoisotopic (exact) mass is 456 g/mol. The Kier molecular flexibility index (Phi) is 6.49. The molecule has 1 N–H and O–H groups in total. The van der Waals surface area contributed by atoms with Crippen LogP contribution in [0.25, 0.3) is 10.6 Å². The van der Waals surface area contributed by atoms with E-state index in [-0.39, 0.29) is 11.3 Å². The molecule has 1 amide bonds. The highest BCUT2D eigenvalue weighted by Gasteiger charge is 2.36. The number of amides is 1. The Labute approximate surface area is 191 Å². The molecule has 1 saturated carbocycles. The van der Waals surface area contributed by atoms with Gasteiger partial charge in [-0.15, -0.1) is 11.3 Å². The quantitative estimate of drug-likeness (QED) is 0.493. The minimum atomic E-state index is -0.150. The number of thiazole rings is 1. The van der Waals surface area contributed by atoms with Gasteiger partial charge < -0.3 is 14.8 Å². The lowest BCUT2D eigenvalue weighted by molar-refractivity contribution is 0.0939. The van der Waals surface area contributed by atoms with Crippen molar-refractivity contribution in [2.75, 3.05) is 20.8 Å². The predicted octanol–water partition coefficient (Wildman–Crippen LogP) is 5.72. The van der Waals surface area contributed by atoms with Gasteiger partial charge in [0.15, 0.2) is 11.5 Å². The van der Waals surface area contributed by atoms with Crippen LogP contribution in [0.15, 0.2) is 47.8 Å². The molecule has 0 bridgehead atoms. The van der Waals surface area contributed by atoms with E-state index in [4.69, 9.17) is 21.1 Å². The molecule has 0 spiro atoms. The number of hydrogen-bond donors (Lipinski definition) is 1. The fraction of sp³-hybridized carbons (Fsp3) is 0.333. The lowest BCUT2D eigenvalue weighted by atomic mass is 9.78. The Morgan fingerprint density at radius 1 is 1.10 bits per heavy atom. The number of aromatic nitrogens is 1. The molecule has 0 saturated heterocycles. The van der Waals surface area contributed by atoms with Gasteiger partial charge in [-0.05, 0) is 42.7 Å². The number of halogens is 1. The largest absolute Gasteiger partial charge is 0.493 e. The highest BCUT2D eigenvalue weighted by Crippen LogP contribution is 2.43. The Morgan fingerprint density at radius 3 is 2.48 bits per heavy atom. The fourth-order valence-corrected chi connectivity index (χ4v) is 5.16. The van der Waals surface area contributed by atoms with E-state index in [2.05, 4.69) is 16.4 Å². The number of carbonyl (C=O) groups excluding carboxylic acids is 1. The molecule has 0 radical (unpaired) electrons. The normalized spacial score (nSPS) is 14.9. The van der Waals surface area contributed by atoms with Gasteiger partial charge in [0, 0.05) is 27.9 Å². The maximum Gasteiger partial charge on any atom is 0.270 e. The number of rotatable bonds is 7. The summed E-state index contributed by atoms with van der Waals surface area (Å²) >= 11 is 7.42. The molecule has 1 aliphatic rings. The molecule has 1 aliphatic carbocycles. The van der Waals surface area contributed by atoms with E-state index in [0.717, 1.165) is 36.3 Å². The Balaban J connectivity index is 1.50. The van der Waals surface area contributed by atoms with Crippen molar-refractivity contribution in [3.05, 3.63) is 64.1 Å². The SMILES string of the molecule is COc1ccc(C2(CNC(=O)c3csc(-c4ccc(Cl)cc4)n3)CCCC2)cc1OC. The van der Waals surface area contributed by atoms with E-state index in [0.29, 0.717) is 28.8 Å². The molecule has 0 atom stereocenters. The first kappa shape index (κ1) is 21.7. The number of nitrogens with zero attached hydrogens (tertiary/aromatic N) is 1. The number of methoxy groups -OCH3 is 2. The summed E-state index contributed by atoms with van der Waals surface area (Å²) in [6, 6.07) is 13.5. The molecule has 1 fully saturated rings. The molecule has 7 heteroatoms. The van der Waals surface area contributed by atoms with Crippen molar-refractivity contribution in [2.45, 2.75) is 31.1 Å². The van der Waals surface area contributed by atoms with Gasteiger partial charge >= 0.3 is 0 Å². The van der Waals surface area contributed by atoms with Gasteiger partial charge in [0.25, 0.3) is 5.91 Å². The smallest absolute Gasteiger partial charge is 0.270 e. The van der Waals surface area contributed by atoms with E-state index >= 15 is 0 Å². The van der Waals surface area contributed by atoms with Crippen molar-refractivity contribution in [1.29, 1.82) is 0 Å². The van der Waals surface area contributed by atoms with Crippen molar-refractivity contribution >= 4 is 28.8 Å². The molecule has 1 aromatic heterocycles. The third-order valence-corrected chi connectivity index (χ3v) is 7.12. The van der Waals surface area contributed by atoms with Gasteiger partial charge in [0.05, 0.1) is 14.2 Å². The van der Waals surface area contributed by atoms with E-state index in [1.54, 1.807) is 19.6 Å². The van der Waals surface area contributed by atoms with Crippen molar-refractivity contribution < 1.29 is 14.3 Å². The zero-order valence-electron chi connectivity index (χ0n) is 17.6. The van der Waals surface area contributed by atoms with E-state index < -0.39 is 0 Å². The maximum atomic E-state index is 12.9. The molecule has 162 valence electrons. The molecule has 0 unspecified atom stereocenters. The van der Waals surface area contributed by atoms with Crippen molar-refractivity contribution in [1.82, 2.24) is 10.3 Å². The second kappa shape index (κ2) is 9.28. The minimum Gasteiger partial charge on any atom is -0.493 e. The first-order valence-electron chi connectivity index (χ1n) is 10.3. The summed E-state index contributed by atoms with van der Waals surface area (Å²) in [4.78, 5) is 17.4. The maximum absolute atomic E-state index is 12.9. The minimum absolute atomic E-state index is 0.107.